The molecule has 2 atom stereocenters. The molecule has 1 amide bonds. The molecule has 2 aromatic rings. The molecule has 2 aromatic carbocycles. The number of ether oxygens (including phenoxy) is 1. The molecule has 1 aliphatic heterocycles. The van der Waals surface area contributed by atoms with E-state index in [2.05, 4.69) is 17.6 Å². The SMILES string of the molecule is C[C@H]1C[C@@H](C(=O)Nc2cccc(OCc3ccc(F)cc3)c2)CCN1. The number of hydrogen-bond acceptors (Lipinski definition) is 3. The Kier molecular flexibility index (Phi) is 5.66. The van der Waals surface area contributed by atoms with Gasteiger partial charge in [-0.25, -0.2) is 4.39 Å². The van der Waals surface area contributed by atoms with Crippen molar-refractivity contribution in [2.24, 2.45) is 5.92 Å². The van der Waals surface area contributed by atoms with E-state index in [1.54, 1.807) is 12.1 Å². The Hall–Kier alpha value is -2.40. The van der Waals surface area contributed by atoms with Gasteiger partial charge in [-0.1, -0.05) is 18.2 Å². The Morgan fingerprint density at radius 1 is 1.28 bits per heavy atom. The molecule has 4 nitrogen and oxygen atoms in total. The van der Waals surface area contributed by atoms with Crippen LogP contribution in [0.4, 0.5) is 10.1 Å². The van der Waals surface area contributed by atoms with Gasteiger partial charge in [0.25, 0.3) is 0 Å². The molecule has 5 heteroatoms. The molecule has 0 bridgehead atoms. The van der Waals surface area contributed by atoms with Crippen molar-refractivity contribution in [3.8, 4) is 5.75 Å². The average Bonchev–Trinajstić information content (AvgIpc) is 2.61. The summed E-state index contributed by atoms with van der Waals surface area (Å²) in [5, 5.41) is 6.33. The Balaban J connectivity index is 1.57. The second-order valence-corrected chi connectivity index (χ2v) is 6.51. The standard InChI is InChI=1S/C20H23FN2O2/c1-14-11-16(9-10-22-14)20(24)23-18-3-2-4-19(12-18)25-13-15-5-7-17(21)8-6-15/h2-8,12,14,16,22H,9-11,13H2,1H3,(H,23,24)/t14-,16-/m0/s1. The lowest BCUT2D eigenvalue weighted by molar-refractivity contribution is -0.120. The third-order valence-electron chi connectivity index (χ3n) is 4.41. The summed E-state index contributed by atoms with van der Waals surface area (Å²) in [5.41, 5.74) is 1.62. The van der Waals surface area contributed by atoms with Crippen LogP contribution in [0.2, 0.25) is 0 Å². The number of halogens is 1. The predicted molar refractivity (Wildman–Crippen MR) is 96.0 cm³/mol. The molecule has 2 N–H and O–H groups in total. The van der Waals surface area contributed by atoms with Crippen molar-refractivity contribution in [3.63, 3.8) is 0 Å². The zero-order valence-corrected chi connectivity index (χ0v) is 14.3. The van der Waals surface area contributed by atoms with Gasteiger partial charge < -0.3 is 15.4 Å². The first-order chi connectivity index (χ1) is 12.1. The quantitative estimate of drug-likeness (QED) is 0.870. The summed E-state index contributed by atoms with van der Waals surface area (Å²) in [6, 6.07) is 13.9. The molecule has 0 radical (unpaired) electrons. The van der Waals surface area contributed by atoms with Crippen LogP contribution in [0.1, 0.15) is 25.3 Å². The van der Waals surface area contributed by atoms with E-state index in [0.717, 1.165) is 30.6 Å². The summed E-state index contributed by atoms with van der Waals surface area (Å²) in [7, 11) is 0. The molecule has 132 valence electrons. The lowest BCUT2D eigenvalue weighted by atomic mass is 9.92. The van der Waals surface area contributed by atoms with Gasteiger partial charge in [-0.2, -0.15) is 0 Å². The summed E-state index contributed by atoms with van der Waals surface area (Å²) in [4.78, 5) is 12.4. The van der Waals surface area contributed by atoms with Crippen LogP contribution in [0.25, 0.3) is 0 Å². The first-order valence-corrected chi connectivity index (χ1v) is 8.62. The minimum atomic E-state index is -0.263. The fourth-order valence-electron chi connectivity index (χ4n) is 3.03. The molecule has 0 aliphatic carbocycles. The molecule has 25 heavy (non-hydrogen) atoms. The second-order valence-electron chi connectivity index (χ2n) is 6.51. The van der Waals surface area contributed by atoms with E-state index >= 15 is 0 Å². The monoisotopic (exact) mass is 342 g/mol. The van der Waals surface area contributed by atoms with E-state index in [1.807, 2.05) is 24.3 Å². The summed E-state index contributed by atoms with van der Waals surface area (Å²) < 4.78 is 18.6. The fourth-order valence-corrected chi connectivity index (χ4v) is 3.03. The topological polar surface area (TPSA) is 50.4 Å². The zero-order chi connectivity index (χ0) is 17.6. The van der Waals surface area contributed by atoms with E-state index in [1.165, 1.54) is 12.1 Å². The van der Waals surface area contributed by atoms with Crippen LogP contribution in [0.15, 0.2) is 48.5 Å². The Morgan fingerprint density at radius 2 is 2.08 bits per heavy atom. The highest BCUT2D eigenvalue weighted by Crippen LogP contribution is 2.22. The number of amides is 1. The van der Waals surface area contributed by atoms with E-state index in [9.17, 15) is 9.18 Å². The highest BCUT2D eigenvalue weighted by atomic mass is 19.1. The first-order valence-electron chi connectivity index (χ1n) is 8.62. The molecule has 3 rings (SSSR count). The minimum absolute atomic E-state index is 0.0417. The van der Waals surface area contributed by atoms with E-state index < -0.39 is 0 Å². The summed E-state index contributed by atoms with van der Waals surface area (Å²) in [6.45, 7) is 3.33. The Labute approximate surface area is 147 Å². The van der Waals surface area contributed by atoms with Crippen LogP contribution in [-0.4, -0.2) is 18.5 Å². The molecule has 1 saturated heterocycles. The van der Waals surface area contributed by atoms with Crippen molar-refractivity contribution in [2.75, 3.05) is 11.9 Å². The third-order valence-corrected chi connectivity index (χ3v) is 4.41. The Morgan fingerprint density at radius 3 is 2.84 bits per heavy atom. The molecular formula is C20H23FN2O2. The van der Waals surface area contributed by atoms with Crippen molar-refractivity contribution in [1.29, 1.82) is 0 Å². The molecule has 1 fully saturated rings. The van der Waals surface area contributed by atoms with Gasteiger partial charge in [-0.3, -0.25) is 4.79 Å². The van der Waals surface area contributed by atoms with Gasteiger partial charge in [-0.05, 0) is 56.1 Å². The van der Waals surface area contributed by atoms with Gasteiger partial charge in [0, 0.05) is 23.7 Å². The maximum Gasteiger partial charge on any atom is 0.227 e. The number of benzene rings is 2. The second kappa shape index (κ2) is 8.12. The van der Waals surface area contributed by atoms with Gasteiger partial charge in [-0.15, -0.1) is 0 Å². The summed E-state index contributed by atoms with van der Waals surface area (Å²) in [5.74, 6) is 0.505. The zero-order valence-electron chi connectivity index (χ0n) is 14.3. The third kappa shape index (κ3) is 5.03. The first kappa shape index (κ1) is 17.4. The van der Waals surface area contributed by atoms with E-state index in [-0.39, 0.29) is 17.6 Å². The molecular weight excluding hydrogens is 319 g/mol. The molecule has 1 heterocycles. The van der Waals surface area contributed by atoms with Gasteiger partial charge in [0.2, 0.25) is 5.91 Å². The van der Waals surface area contributed by atoms with Crippen LogP contribution >= 0.6 is 0 Å². The van der Waals surface area contributed by atoms with Crippen molar-refractivity contribution in [2.45, 2.75) is 32.4 Å². The van der Waals surface area contributed by atoms with Gasteiger partial charge in [0.1, 0.15) is 18.2 Å². The lowest BCUT2D eigenvalue weighted by Gasteiger charge is -2.27. The molecule has 1 aliphatic rings. The smallest absolute Gasteiger partial charge is 0.227 e. The van der Waals surface area contributed by atoms with Crippen molar-refractivity contribution >= 4 is 11.6 Å². The maximum atomic E-state index is 12.9. The lowest BCUT2D eigenvalue weighted by Crippen LogP contribution is -2.40. The predicted octanol–water partition coefficient (Wildman–Crippen LogP) is 3.73. The minimum Gasteiger partial charge on any atom is -0.489 e. The van der Waals surface area contributed by atoms with Crippen LogP contribution in [0, 0.1) is 11.7 Å². The number of piperidine rings is 1. The number of carbonyl (C=O) groups is 1. The van der Waals surface area contributed by atoms with Crippen LogP contribution < -0.4 is 15.4 Å². The van der Waals surface area contributed by atoms with Crippen LogP contribution in [0.3, 0.4) is 0 Å². The molecule has 0 saturated carbocycles. The van der Waals surface area contributed by atoms with E-state index in [0.29, 0.717) is 18.4 Å². The highest BCUT2D eigenvalue weighted by Gasteiger charge is 2.24. The number of carbonyl (C=O) groups excluding carboxylic acids is 1. The maximum absolute atomic E-state index is 12.9. The van der Waals surface area contributed by atoms with Crippen LogP contribution in [0.5, 0.6) is 5.75 Å². The number of hydrogen-bond donors (Lipinski definition) is 2. The largest absolute Gasteiger partial charge is 0.489 e. The normalized spacial score (nSPS) is 20.1. The summed E-state index contributed by atoms with van der Waals surface area (Å²) in [6.07, 6.45) is 1.71. The highest BCUT2D eigenvalue weighted by molar-refractivity contribution is 5.92. The van der Waals surface area contributed by atoms with Gasteiger partial charge in [0.15, 0.2) is 0 Å². The molecule has 0 unspecified atom stereocenters. The van der Waals surface area contributed by atoms with Gasteiger partial charge >= 0.3 is 0 Å². The Bertz CT molecular complexity index is 718. The molecule has 0 aromatic heterocycles. The van der Waals surface area contributed by atoms with Gasteiger partial charge in [0.05, 0.1) is 0 Å². The van der Waals surface area contributed by atoms with E-state index in [4.69, 9.17) is 4.74 Å². The van der Waals surface area contributed by atoms with Crippen molar-refractivity contribution in [1.82, 2.24) is 5.32 Å². The van der Waals surface area contributed by atoms with Crippen molar-refractivity contribution < 1.29 is 13.9 Å². The number of rotatable bonds is 5. The fraction of sp³-hybridized carbons (Fsp3) is 0.350. The number of nitrogens with one attached hydrogen (secondary N) is 2. The average molecular weight is 342 g/mol. The molecule has 0 spiro atoms. The van der Waals surface area contributed by atoms with Crippen LogP contribution in [-0.2, 0) is 11.4 Å². The number of anilines is 1. The summed E-state index contributed by atoms with van der Waals surface area (Å²) >= 11 is 0. The van der Waals surface area contributed by atoms with Crippen molar-refractivity contribution in [3.05, 3.63) is 59.9 Å².